The van der Waals surface area contributed by atoms with Gasteiger partial charge in [0.1, 0.15) is 22.8 Å². The monoisotopic (exact) mass is 462 g/mol. The minimum absolute atomic E-state index is 0.197. The summed E-state index contributed by atoms with van der Waals surface area (Å²) in [5.74, 6) is 1.75. The van der Waals surface area contributed by atoms with Crippen molar-refractivity contribution in [1.82, 2.24) is 0 Å². The number of amides is 2. The van der Waals surface area contributed by atoms with Crippen LogP contribution < -0.4 is 20.1 Å². The molecule has 0 atom stereocenters. The van der Waals surface area contributed by atoms with Crippen LogP contribution in [0.15, 0.2) is 34.8 Å². The number of allylic oxidation sites excluding steroid dienone is 1. The summed E-state index contributed by atoms with van der Waals surface area (Å²) in [6.07, 6.45) is 5.79. The molecule has 0 fully saturated rings. The lowest BCUT2D eigenvalue weighted by atomic mass is 9.93. The van der Waals surface area contributed by atoms with E-state index in [9.17, 15) is 9.59 Å². The number of ether oxygens (including phenoxy) is 2. The predicted octanol–water partition coefficient (Wildman–Crippen LogP) is 5.64. The molecule has 0 radical (unpaired) electrons. The second-order valence-electron chi connectivity index (χ2n) is 8.58. The normalized spacial score (nSPS) is 13.4. The number of rotatable bonds is 6. The zero-order valence-corrected chi connectivity index (χ0v) is 20.3. The number of fused-ring (bicyclic) bond motifs is 3. The zero-order chi connectivity index (χ0) is 24.4. The van der Waals surface area contributed by atoms with E-state index in [2.05, 4.69) is 16.7 Å². The van der Waals surface area contributed by atoms with Gasteiger partial charge in [0, 0.05) is 47.2 Å². The highest BCUT2D eigenvalue weighted by Crippen LogP contribution is 2.41. The second kappa shape index (κ2) is 9.63. The van der Waals surface area contributed by atoms with Crippen LogP contribution in [0, 0.1) is 6.92 Å². The summed E-state index contributed by atoms with van der Waals surface area (Å²) >= 11 is 0. The highest BCUT2D eigenvalue weighted by Gasteiger charge is 2.23. The molecular formula is C27H30N2O5. The molecule has 0 bridgehead atoms. The Kier molecular flexibility index (Phi) is 6.63. The minimum Gasteiger partial charge on any atom is -0.496 e. The van der Waals surface area contributed by atoms with Crippen LogP contribution >= 0.6 is 0 Å². The fourth-order valence-electron chi connectivity index (χ4n) is 4.62. The van der Waals surface area contributed by atoms with Gasteiger partial charge < -0.3 is 24.5 Å². The van der Waals surface area contributed by atoms with Gasteiger partial charge in [0.25, 0.3) is 0 Å². The van der Waals surface area contributed by atoms with Crippen LogP contribution in [-0.4, -0.2) is 26.0 Å². The number of hydrogen-bond donors (Lipinski definition) is 2. The van der Waals surface area contributed by atoms with E-state index >= 15 is 0 Å². The van der Waals surface area contributed by atoms with Crippen LogP contribution in [-0.2, 0) is 22.4 Å². The summed E-state index contributed by atoms with van der Waals surface area (Å²) in [6, 6.07) is 7.15. The van der Waals surface area contributed by atoms with E-state index in [1.54, 1.807) is 31.4 Å². The topological polar surface area (TPSA) is 89.8 Å². The van der Waals surface area contributed by atoms with Gasteiger partial charge in [-0.15, -0.1) is 0 Å². The van der Waals surface area contributed by atoms with Gasteiger partial charge in [-0.3, -0.25) is 9.59 Å². The van der Waals surface area contributed by atoms with E-state index in [0.29, 0.717) is 22.9 Å². The van der Waals surface area contributed by atoms with Gasteiger partial charge in [0.05, 0.1) is 19.9 Å². The van der Waals surface area contributed by atoms with Gasteiger partial charge in [-0.25, -0.2) is 0 Å². The van der Waals surface area contributed by atoms with Crippen molar-refractivity contribution in [3.05, 3.63) is 52.8 Å². The second-order valence-corrected chi connectivity index (χ2v) is 8.58. The first-order valence-corrected chi connectivity index (χ1v) is 11.4. The molecule has 0 saturated carbocycles. The van der Waals surface area contributed by atoms with E-state index in [1.165, 1.54) is 19.6 Å². The summed E-state index contributed by atoms with van der Waals surface area (Å²) in [5, 5.41) is 6.67. The number of benzene rings is 2. The van der Waals surface area contributed by atoms with Gasteiger partial charge in [0.2, 0.25) is 11.8 Å². The van der Waals surface area contributed by atoms with E-state index in [-0.39, 0.29) is 11.8 Å². The Morgan fingerprint density at radius 2 is 1.79 bits per heavy atom. The SMILES string of the molecule is COc1ccc(NC(C)=O)cc1NC(=O)/C=C(\C)c1cc2c3c(oc2c(C)c1OC)CCCC3. The molecule has 0 aliphatic heterocycles. The minimum atomic E-state index is -0.315. The molecule has 178 valence electrons. The van der Waals surface area contributed by atoms with E-state index in [0.717, 1.165) is 59.1 Å². The van der Waals surface area contributed by atoms with Gasteiger partial charge in [-0.1, -0.05) is 0 Å². The maximum atomic E-state index is 12.9. The van der Waals surface area contributed by atoms with Crippen molar-refractivity contribution in [3.8, 4) is 11.5 Å². The molecule has 2 aromatic carbocycles. The molecule has 2 N–H and O–H groups in total. The van der Waals surface area contributed by atoms with Gasteiger partial charge >= 0.3 is 0 Å². The lowest BCUT2D eigenvalue weighted by Gasteiger charge is -2.14. The van der Waals surface area contributed by atoms with Gasteiger partial charge in [-0.05, 0) is 62.9 Å². The van der Waals surface area contributed by atoms with Crippen molar-refractivity contribution >= 4 is 39.7 Å². The molecule has 34 heavy (non-hydrogen) atoms. The van der Waals surface area contributed by atoms with Crippen molar-refractivity contribution in [1.29, 1.82) is 0 Å². The molecule has 7 nitrogen and oxygen atoms in total. The highest BCUT2D eigenvalue weighted by atomic mass is 16.5. The average Bonchev–Trinajstić information content (AvgIpc) is 3.18. The third kappa shape index (κ3) is 4.51. The Balaban J connectivity index is 1.69. The van der Waals surface area contributed by atoms with Crippen LogP contribution in [0.2, 0.25) is 0 Å². The van der Waals surface area contributed by atoms with Gasteiger partial charge in [0.15, 0.2) is 0 Å². The zero-order valence-electron chi connectivity index (χ0n) is 20.3. The van der Waals surface area contributed by atoms with Crippen LogP contribution in [0.3, 0.4) is 0 Å². The Bertz CT molecular complexity index is 1300. The van der Waals surface area contributed by atoms with E-state index in [4.69, 9.17) is 13.9 Å². The molecule has 1 heterocycles. The largest absolute Gasteiger partial charge is 0.496 e. The van der Waals surface area contributed by atoms with Crippen molar-refractivity contribution in [2.75, 3.05) is 24.9 Å². The standard InChI is InChI=1S/C27H30N2O5/c1-15(12-25(31)29-22-13-18(28-17(3)30)10-11-24(22)32-4)20-14-21-19-8-6-7-9-23(19)34-27(21)16(2)26(20)33-5/h10-14H,6-9H2,1-5H3,(H,28,30)(H,29,31)/b15-12+. The van der Waals surface area contributed by atoms with Crippen molar-refractivity contribution in [2.24, 2.45) is 0 Å². The molecule has 2 amide bonds. The third-order valence-corrected chi connectivity index (χ3v) is 6.18. The third-order valence-electron chi connectivity index (χ3n) is 6.18. The van der Waals surface area contributed by atoms with Crippen LogP contribution in [0.1, 0.15) is 49.1 Å². The molecule has 1 aliphatic rings. The molecular weight excluding hydrogens is 432 g/mol. The number of anilines is 2. The molecule has 0 unspecified atom stereocenters. The van der Waals surface area contributed by atoms with Crippen LogP contribution in [0.25, 0.3) is 16.5 Å². The predicted molar refractivity (Wildman–Crippen MR) is 134 cm³/mol. The number of nitrogens with one attached hydrogen (secondary N) is 2. The number of furan rings is 1. The fourth-order valence-corrected chi connectivity index (χ4v) is 4.62. The molecule has 7 heteroatoms. The Morgan fingerprint density at radius 3 is 2.50 bits per heavy atom. The summed E-state index contributed by atoms with van der Waals surface area (Å²) in [4.78, 5) is 24.3. The summed E-state index contributed by atoms with van der Waals surface area (Å²) in [5.41, 5.74) is 5.72. The Labute approximate surface area is 199 Å². The molecule has 1 aromatic heterocycles. The Hall–Kier alpha value is -3.74. The first-order chi connectivity index (χ1) is 16.3. The fraction of sp³-hybridized carbons (Fsp3) is 0.333. The average molecular weight is 463 g/mol. The number of carbonyl (C=O) groups excluding carboxylic acids is 2. The first-order valence-electron chi connectivity index (χ1n) is 11.4. The lowest BCUT2D eigenvalue weighted by molar-refractivity contribution is -0.114. The summed E-state index contributed by atoms with van der Waals surface area (Å²) in [6.45, 7) is 5.31. The molecule has 0 spiro atoms. The number of carbonyl (C=O) groups is 2. The van der Waals surface area contributed by atoms with Crippen molar-refractivity contribution in [3.63, 3.8) is 0 Å². The van der Waals surface area contributed by atoms with Crippen LogP contribution in [0.4, 0.5) is 11.4 Å². The molecule has 1 aliphatic carbocycles. The van der Waals surface area contributed by atoms with Crippen molar-refractivity contribution in [2.45, 2.75) is 46.5 Å². The molecule has 4 rings (SSSR count). The van der Waals surface area contributed by atoms with Gasteiger partial charge in [-0.2, -0.15) is 0 Å². The number of methoxy groups -OCH3 is 2. The van der Waals surface area contributed by atoms with Crippen molar-refractivity contribution < 1.29 is 23.5 Å². The van der Waals surface area contributed by atoms with E-state index in [1.807, 2.05) is 13.8 Å². The Morgan fingerprint density at radius 1 is 1.03 bits per heavy atom. The number of hydrogen-bond acceptors (Lipinski definition) is 5. The highest BCUT2D eigenvalue weighted by molar-refractivity contribution is 6.06. The molecule has 3 aromatic rings. The van der Waals surface area contributed by atoms with Crippen LogP contribution in [0.5, 0.6) is 11.5 Å². The first kappa shape index (κ1) is 23.4. The molecule has 0 saturated heterocycles. The quantitative estimate of drug-likeness (QED) is 0.463. The smallest absolute Gasteiger partial charge is 0.248 e. The maximum Gasteiger partial charge on any atom is 0.248 e. The summed E-state index contributed by atoms with van der Waals surface area (Å²) < 4.78 is 17.3. The maximum absolute atomic E-state index is 12.9. The lowest BCUT2D eigenvalue weighted by Crippen LogP contribution is -2.11. The number of aryl methyl sites for hydroxylation is 3. The van der Waals surface area contributed by atoms with E-state index < -0.39 is 0 Å². The summed E-state index contributed by atoms with van der Waals surface area (Å²) in [7, 11) is 3.16.